The summed E-state index contributed by atoms with van der Waals surface area (Å²) in [6.45, 7) is 0.711. The molecule has 1 N–H and O–H groups in total. The Balaban J connectivity index is 1.32. The monoisotopic (exact) mass is 408 g/mol. The smallest absolute Gasteiger partial charge is 0.224 e. The van der Waals surface area contributed by atoms with E-state index in [-0.39, 0.29) is 17.7 Å². The molecule has 2 aromatic carbocycles. The maximum Gasteiger partial charge on any atom is 0.224 e. The first-order valence-electron chi connectivity index (χ1n) is 9.71. The van der Waals surface area contributed by atoms with Gasteiger partial charge in [0, 0.05) is 24.0 Å². The molecule has 1 heterocycles. The summed E-state index contributed by atoms with van der Waals surface area (Å²) in [6, 6.07) is 18.7. The normalized spacial score (nSPS) is 19.0. The van der Waals surface area contributed by atoms with E-state index in [1.807, 2.05) is 36.0 Å². The number of hydrogen-bond donors (Lipinski definition) is 1. The van der Waals surface area contributed by atoms with Crippen molar-refractivity contribution in [2.45, 2.75) is 24.5 Å². The van der Waals surface area contributed by atoms with E-state index in [4.69, 9.17) is 4.98 Å². The number of allylic oxidation sites excluding steroid dienone is 2. The van der Waals surface area contributed by atoms with E-state index in [2.05, 4.69) is 47.8 Å². The second-order valence-corrected chi connectivity index (χ2v) is 9.17. The summed E-state index contributed by atoms with van der Waals surface area (Å²) in [6.07, 6.45) is 6.01. The molecular weight excluding hydrogens is 384 g/mol. The van der Waals surface area contributed by atoms with Gasteiger partial charge in [0.15, 0.2) is 0 Å². The second-order valence-electron chi connectivity index (χ2n) is 7.00. The summed E-state index contributed by atoms with van der Waals surface area (Å²) in [7, 11) is 0. The third-order valence-electron chi connectivity index (χ3n) is 5.05. The van der Waals surface area contributed by atoms with E-state index < -0.39 is 0 Å². The van der Waals surface area contributed by atoms with Crippen molar-refractivity contribution in [2.24, 2.45) is 5.92 Å². The lowest BCUT2D eigenvalue weighted by molar-refractivity contribution is -0.125. The van der Waals surface area contributed by atoms with Gasteiger partial charge in [0.05, 0.1) is 21.1 Å². The van der Waals surface area contributed by atoms with Gasteiger partial charge in [-0.3, -0.25) is 4.79 Å². The lowest BCUT2D eigenvalue weighted by Crippen LogP contribution is -2.36. The van der Waals surface area contributed by atoms with Crippen molar-refractivity contribution in [1.29, 1.82) is 0 Å². The van der Waals surface area contributed by atoms with Gasteiger partial charge in [-0.1, -0.05) is 54.6 Å². The summed E-state index contributed by atoms with van der Waals surface area (Å²) >= 11 is 3.58. The van der Waals surface area contributed by atoms with Gasteiger partial charge >= 0.3 is 0 Å². The van der Waals surface area contributed by atoms with Crippen molar-refractivity contribution >= 4 is 39.2 Å². The van der Waals surface area contributed by atoms with Gasteiger partial charge in [0.25, 0.3) is 0 Å². The molecule has 0 bridgehead atoms. The summed E-state index contributed by atoms with van der Waals surface area (Å²) in [5, 5.41) is 4.24. The molecule has 0 spiro atoms. The number of benzene rings is 2. The largest absolute Gasteiger partial charge is 0.355 e. The zero-order chi connectivity index (χ0) is 19.2. The molecule has 2 unspecified atom stereocenters. The topological polar surface area (TPSA) is 42.0 Å². The Morgan fingerprint density at radius 3 is 2.71 bits per heavy atom. The molecule has 3 nitrogen and oxygen atoms in total. The van der Waals surface area contributed by atoms with Crippen LogP contribution < -0.4 is 5.32 Å². The highest BCUT2D eigenvalue weighted by Gasteiger charge is 2.32. The van der Waals surface area contributed by atoms with Crippen LogP contribution in [0.5, 0.6) is 0 Å². The lowest BCUT2D eigenvalue weighted by Gasteiger charge is -2.26. The molecule has 0 saturated carbocycles. The minimum absolute atomic E-state index is 0.0234. The molecule has 0 fully saturated rings. The average Bonchev–Trinajstić information content (AvgIpc) is 3.18. The molecule has 0 aliphatic heterocycles. The number of amides is 1. The Morgan fingerprint density at radius 1 is 1.07 bits per heavy atom. The standard InChI is InChI=1S/C23H24N2OS2/c26-22(24-14-15-27-16-17-8-2-1-3-9-17)18-10-4-5-11-19(18)23-25-20-12-6-7-13-21(20)28-23/h1-9,12-13,18-19H,10-11,14-16H2,(H,24,26). The van der Waals surface area contributed by atoms with E-state index >= 15 is 0 Å². The number of thioether (sulfide) groups is 1. The number of hydrogen-bond acceptors (Lipinski definition) is 4. The molecule has 5 heteroatoms. The van der Waals surface area contributed by atoms with Crippen LogP contribution in [-0.2, 0) is 10.5 Å². The van der Waals surface area contributed by atoms with Crippen LogP contribution in [0.2, 0.25) is 0 Å². The van der Waals surface area contributed by atoms with E-state index in [1.165, 1.54) is 10.3 Å². The Morgan fingerprint density at radius 2 is 1.86 bits per heavy atom. The lowest BCUT2D eigenvalue weighted by atomic mass is 9.82. The maximum atomic E-state index is 12.9. The van der Waals surface area contributed by atoms with Crippen LogP contribution in [-0.4, -0.2) is 23.2 Å². The fourth-order valence-corrected chi connectivity index (χ4v) is 5.53. The predicted molar refractivity (Wildman–Crippen MR) is 120 cm³/mol. The second kappa shape index (κ2) is 9.39. The number of nitrogens with one attached hydrogen (secondary N) is 1. The van der Waals surface area contributed by atoms with Gasteiger partial charge in [-0.25, -0.2) is 4.98 Å². The third kappa shape index (κ3) is 4.65. The number of nitrogens with zero attached hydrogens (tertiary/aromatic N) is 1. The van der Waals surface area contributed by atoms with Gasteiger partial charge in [0.2, 0.25) is 5.91 Å². The number of fused-ring (bicyclic) bond motifs is 1. The van der Waals surface area contributed by atoms with Crippen LogP contribution in [0.25, 0.3) is 10.2 Å². The number of rotatable bonds is 7. The molecular formula is C23H24N2OS2. The quantitative estimate of drug-likeness (QED) is 0.421. The van der Waals surface area contributed by atoms with Gasteiger partial charge in [-0.15, -0.1) is 11.3 Å². The van der Waals surface area contributed by atoms with E-state index in [0.717, 1.165) is 34.9 Å². The van der Waals surface area contributed by atoms with E-state index in [9.17, 15) is 4.79 Å². The molecule has 28 heavy (non-hydrogen) atoms. The average molecular weight is 409 g/mol. The third-order valence-corrected chi connectivity index (χ3v) is 7.25. The molecule has 144 valence electrons. The molecule has 0 saturated heterocycles. The molecule has 3 aromatic rings. The molecule has 4 rings (SSSR count). The van der Waals surface area contributed by atoms with Crippen LogP contribution in [0.1, 0.15) is 29.3 Å². The van der Waals surface area contributed by atoms with Crippen LogP contribution in [0, 0.1) is 5.92 Å². The zero-order valence-electron chi connectivity index (χ0n) is 15.7. The Bertz CT molecular complexity index is 918. The minimum Gasteiger partial charge on any atom is -0.355 e. The summed E-state index contributed by atoms with van der Waals surface area (Å²) < 4.78 is 1.20. The van der Waals surface area contributed by atoms with Gasteiger partial charge in [-0.2, -0.15) is 11.8 Å². The SMILES string of the molecule is O=C(NCCSCc1ccccc1)C1CC=CCC1c1nc2ccccc2s1. The Kier molecular flexibility index (Phi) is 6.45. The number of para-hydroxylation sites is 1. The molecule has 1 amide bonds. The summed E-state index contributed by atoms with van der Waals surface area (Å²) in [5.74, 6) is 2.23. The van der Waals surface area contributed by atoms with Crippen molar-refractivity contribution in [3.8, 4) is 0 Å². The molecule has 1 aliphatic rings. The van der Waals surface area contributed by atoms with Crippen molar-refractivity contribution in [3.05, 3.63) is 77.3 Å². The zero-order valence-corrected chi connectivity index (χ0v) is 17.3. The molecule has 1 aliphatic carbocycles. The maximum absolute atomic E-state index is 12.9. The first-order valence-corrected chi connectivity index (χ1v) is 11.7. The van der Waals surface area contributed by atoms with Crippen molar-refractivity contribution in [1.82, 2.24) is 10.3 Å². The highest BCUT2D eigenvalue weighted by atomic mass is 32.2. The summed E-state index contributed by atoms with van der Waals surface area (Å²) in [5.41, 5.74) is 2.36. The van der Waals surface area contributed by atoms with Crippen molar-refractivity contribution < 1.29 is 4.79 Å². The Hall–Kier alpha value is -2.11. The molecule has 0 radical (unpaired) electrons. The van der Waals surface area contributed by atoms with Gasteiger partial charge in [0.1, 0.15) is 0 Å². The summed E-state index contributed by atoms with van der Waals surface area (Å²) in [4.78, 5) is 17.7. The number of aromatic nitrogens is 1. The Labute approximate surface area is 174 Å². The fraction of sp³-hybridized carbons (Fsp3) is 0.304. The number of carbonyl (C=O) groups is 1. The van der Waals surface area contributed by atoms with Crippen molar-refractivity contribution in [2.75, 3.05) is 12.3 Å². The van der Waals surface area contributed by atoms with E-state index in [0.29, 0.717) is 6.54 Å². The molecule has 1 aromatic heterocycles. The highest BCUT2D eigenvalue weighted by molar-refractivity contribution is 7.98. The first kappa shape index (κ1) is 19.2. The highest BCUT2D eigenvalue weighted by Crippen LogP contribution is 2.38. The first-order chi connectivity index (χ1) is 13.8. The van der Waals surface area contributed by atoms with Gasteiger partial charge < -0.3 is 5.32 Å². The fourth-order valence-electron chi connectivity index (χ4n) is 3.57. The number of thiazole rings is 1. The molecule has 2 atom stereocenters. The number of carbonyl (C=O) groups excluding carboxylic acids is 1. The van der Waals surface area contributed by atoms with Crippen LogP contribution in [0.15, 0.2) is 66.7 Å². The van der Waals surface area contributed by atoms with Crippen LogP contribution in [0.3, 0.4) is 0 Å². The van der Waals surface area contributed by atoms with E-state index in [1.54, 1.807) is 11.3 Å². The minimum atomic E-state index is -0.0234. The van der Waals surface area contributed by atoms with Crippen LogP contribution in [0.4, 0.5) is 0 Å². The van der Waals surface area contributed by atoms with Crippen LogP contribution >= 0.6 is 23.1 Å². The van der Waals surface area contributed by atoms with Gasteiger partial charge in [-0.05, 0) is 30.5 Å². The van der Waals surface area contributed by atoms with Crippen molar-refractivity contribution in [3.63, 3.8) is 0 Å². The predicted octanol–water partition coefficient (Wildman–Crippen LogP) is 5.40.